The zero-order valence-electron chi connectivity index (χ0n) is 13.7. The van der Waals surface area contributed by atoms with Crippen molar-refractivity contribution in [3.63, 3.8) is 0 Å². The molecule has 7 heteroatoms. The number of nitrogen functional groups attached to an aromatic ring is 1. The molecule has 1 aliphatic rings. The van der Waals surface area contributed by atoms with Crippen LogP contribution in [0.2, 0.25) is 0 Å². The fourth-order valence-electron chi connectivity index (χ4n) is 3.18. The van der Waals surface area contributed by atoms with Gasteiger partial charge < -0.3 is 16.0 Å². The van der Waals surface area contributed by atoms with Crippen LogP contribution in [-0.4, -0.2) is 24.6 Å². The summed E-state index contributed by atoms with van der Waals surface area (Å²) in [6.07, 6.45) is 1.06. The normalized spacial score (nSPS) is 16.4. The highest BCUT2D eigenvalue weighted by Crippen LogP contribution is 2.30. The van der Waals surface area contributed by atoms with E-state index in [0.29, 0.717) is 11.6 Å². The van der Waals surface area contributed by atoms with Crippen LogP contribution in [0.5, 0.6) is 0 Å². The lowest BCUT2D eigenvalue weighted by Crippen LogP contribution is -2.22. The van der Waals surface area contributed by atoms with E-state index in [1.54, 1.807) is 0 Å². The Bertz CT molecular complexity index is 816. The first-order valence-electron chi connectivity index (χ1n) is 8.10. The fourth-order valence-corrected chi connectivity index (χ4v) is 3.18. The molecule has 0 bridgehead atoms. The van der Waals surface area contributed by atoms with Crippen molar-refractivity contribution < 1.29 is 4.92 Å². The number of nitrogens with one attached hydrogen (secondary N) is 1. The summed E-state index contributed by atoms with van der Waals surface area (Å²) in [5, 5.41) is 23.4. The first-order valence-corrected chi connectivity index (χ1v) is 8.10. The smallest absolute Gasteiger partial charge is 0.309 e. The second kappa shape index (κ2) is 7.09. The minimum Gasteiger partial charge on any atom is -0.393 e. The minimum absolute atomic E-state index is 0.00360. The number of nitro benzene ring substituents is 1. The SMILES string of the molecule is N#Cc1cc(NCC2CCN(c3ccccc3)C2)cc(N)c1[N+](=O)[O-]. The molecule has 1 heterocycles. The van der Waals surface area contributed by atoms with E-state index in [1.807, 2.05) is 24.3 Å². The molecule has 128 valence electrons. The Morgan fingerprint density at radius 1 is 1.36 bits per heavy atom. The van der Waals surface area contributed by atoms with Crippen molar-refractivity contribution in [2.75, 3.05) is 35.6 Å². The molecule has 1 unspecified atom stereocenters. The summed E-state index contributed by atoms with van der Waals surface area (Å²) < 4.78 is 0. The molecule has 2 aromatic carbocycles. The van der Waals surface area contributed by atoms with Gasteiger partial charge in [-0.2, -0.15) is 5.26 Å². The van der Waals surface area contributed by atoms with Gasteiger partial charge in [-0.1, -0.05) is 18.2 Å². The second-order valence-corrected chi connectivity index (χ2v) is 6.15. The lowest BCUT2D eigenvalue weighted by molar-refractivity contribution is -0.384. The molecule has 3 N–H and O–H groups in total. The number of nitro groups is 1. The number of hydrogen-bond acceptors (Lipinski definition) is 6. The van der Waals surface area contributed by atoms with Crippen molar-refractivity contribution in [3.8, 4) is 6.07 Å². The van der Waals surface area contributed by atoms with Crippen LogP contribution in [0.15, 0.2) is 42.5 Å². The van der Waals surface area contributed by atoms with Crippen LogP contribution in [0.3, 0.4) is 0 Å². The molecule has 1 aliphatic heterocycles. The Kier molecular flexibility index (Phi) is 4.70. The summed E-state index contributed by atoms with van der Waals surface area (Å²) in [6.45, 7) is 2.68. The summed E-state index contributed by atoms with van der Waals surface area (Å²) in [5.41, 5.74) is 7.25. The highest BCUT2D eigenvalue weighted by Gasteiger charge is 2.23. The summed E-state index contributed by atoms with van der Waals surface area (Å²) in [4.78, 5) is 12.7. The van der Waals surface area contributed by atoms with E-state index in [9.17, 15) is 10.1 Å². The van der Waals surface area contributed by atoms with Crippen molar-refractivity contribution in [1.29, 1.82) is 5.26 Å². The van der Waals surface area contributed by atoms with Gasteiger partial charge in [-0.05, 0) is 36.6 Å². The number of anilines is 3. The van der Waals surface area contributed by atoms with Crippen molar-refractivity contribution in [3.05, 3.63) is 58.1 Å². The summed E-state index contributed by atoms with van der Waals surface area (Å²) >= 11 is 0. The van der Waals surface area contributed by atoms with Crippen LogP contribution < -0.4 is 16.0 Å². The van der Waals surface area contributed by atoms with E-state index in [-0.39, 0.29) is 16.9 Å². The lowest BCUT2D eigenvalue weighted by atomic mass is 10.1. The molecule has 0 aliphatic carbocycles. The standard InChI is InChI=1S/C18H19N5O2/c19-10-14-8-15(9-17(20)18(14)23(24)25)21-11-13-6-7-22(12-13)16-4-2-1-3-5-16/h1-5,8-9,13,21H,6-7,11-12,20H2. The number of hydrogen-bond donors (Lipinski definition) is 2. The molecular formula is C18H19N5O2. The monoisotopic (exact) mass is 337 g/mol. The van der Waals surface area contributed by atoms with Gasteiger partial charge in [0.2, 0.25) is 0 Å². The summed E-state index contributed by atoms with van der Waals surface area (Å²) in [5.74, 6) is 0.460. The largest absolute Gasteiger partial charge is 0.393 e. The molecule has 0 radical (unpaired) electrons. The van der Waals surface area contributed by atoms with E-state index in [1.165, 1.54) is 17.8 Å². The predicted octanol–water partition coefficient (Wildman–Crippen LogP) is 2.99. The summed E-state index contributed by atoms with van der Waals surface area (Å²) in [7, 11) is 0. The molecule has 2 aromatic rings. The third-order valence-corrected chi connectivity index (χ3v) is 4.44. The van der Waals surface area contributed by atoms with Gasteiger partial charge >= 0.3 is 5.69 Å². The molecule has 0 aromatic heterocycles. The predicted molar refractivity (Wildman–Crippen MR) is 97.5 cm³/mol. The van der Waals surface area contributed by atoms with Gasteiger partial charge in [0, 0.05) is 31.0 Å². The van der Waals surface area contributed by atoms with Crippen molar-refractivity contribution in [1.82, 2.24) is 0 Å². The first kappa shape index (κ1) is 16.6. The Hall–Kier alpha value is -3.27. The van der Waals surface area contributed by atoms with E-state index in [4.69, 9.17) is 11.0 Å². The van der Waals surface area contributed by atoms with Gasteiger partial charge in [0.25, 0.3) is 0 Å². The quantitative estimate of drug-likeness (QED) is 0.493. The molecule has 3 rings (SSSR count). The van der Waals surface area contributed by atoms with Gasteiger partial charge in [0.1, 0.15) is 17.3 Å². The number of rotatable bonds is 5. The van der Waals surface area contributed by atoms with Crippen LogP contribution in [-0.2, 0) is 0 Å². The number of nitrogens with zero attached hydrogens (tertiary/aromatic N) is 3. The maximum absolute atomic E-state index is 11.0. The molecule has 1 atom stereocenters. The number of nitrogens with two attached hydrogens (primary N) is 1. The van der Waals surface area contributed by atoms with Gasteiger partial charge in [-0.25, -0.2) is 0 Å². The van der Waals surface area contributed by atoms with Gasteiger partial charge in [-0.3, -0.25) is 10.1 Å². The second-order valence-electron chi connectivity index (χ2n) is 6.15. The molecule has 1 saturated heterocycles. The maximum atomic E-state index is 11.0. The molecule has 1 fully saturated rings. The van der Waals surface area contributed by atoms with E-state index >= 15 is 0 Å². The van der Waals surface area contributed by atoms with Crippen LogP contribution in [0, 0.1) is 27.4 Å². The lowest BCUT2D eigenvalue weighted by Gasteiger charge is -2.19. The highest BCUT2D eigenvalue weighted by atomic mass is 16.6. The summed E-state index contributed by atoms with van der Waals surface area (Å²) in [6, 6.07) is 15.1. The molecule has 25 heavy (non-hydrogen) atoms. The Morgan fingerprint density at radius 2 is 2.12 bits per heavy atom. The zero-order chi connectivity index (χ0) is 17.8. The third-order valence-electron chi connectivity index (χ3n) is 4.44. The van der Waals surface area contributed by atoms with Crippen molar-refractivity contribution in [2.24, 2.45) is 5.92 Å². The van der Waals surface area contributed by atoms with E-state index in [2.05, 4.69) is 22.3 Å². The maximum Gasteiger partial charge on any atom is 0.309 e. The Labute approximate surface area is 145 Å². The van der Waals surface area contributed by atoms with Crippen molar-refractivity contribution in [2.45, 2.75) is 6.42 Å². The third kappa shape index (κ3) is 3.63. The van der Waals surface area contributed by atoms with Crippen LogP contribution in [0.25, 0.3) is 0 Å². The molecule has 7 nitrogen and oxygen atoms in total. The number of benzene rings is 2. The fraction of sp³-hybridized carbons (Fsp3) is 0.278. The molecule has 0 amide bonds. The Balaban J connectivity index is 1.64. The topological polar surface area (TPSA) is 108 Å². The zero-order valence-corrected chi connectivity index (χ0v) is 13.7. The van der Waals surface area contributed by atoms with Gasteiger partial charge in [-0.15, -0.1) is 0 Å². The van der Waals surface area contributed by atoms with E-state index < -0.39 is 4.92 Å². The average molecular weight is 337 g/mol. The molecule has 0 saturated carbocycles. The molecular weight excluding hydrogens is 318 g/mol. The Morgan fingerprint density at radius 3 is 2.80 bits per heavy atom. The number of para-hydroxylation sites is 1. The number of nitriles is 1. The van der Waals surface area contributed by atoms with Crippen molar-refractivity contribution >= 4 is 22.7 Å². The average Bonchev–Trinajstić information content (AvgIpc) is 3.08. The van der Waals surface area contributed by atoms with Crippen LogP contribution >= 0.6 is 0 Å². The highest BCUT2D eigenvalue weighted by molar-refractivity contribution is 5.72. The van der Waals surface area contributed by atoms with Gasteiger partial charge in [0.05, 0.1) is 4.92 Å². The first-order chi connectivity index (χ1) is 12.1. The van der Waals surface area contributed by atoms with Crippen LogP contribution in [0.1, 0.15) is 12.0 Å². The van der Waals surface area contributed by atoms with Gasteiger partial charge in [0.15, 0.2) is 0 Å². The minimum atomic E-state index is -0.619. The molecule has 0 spiro atoms. The van der Waals surface area contributed by atoms with Crippen LogP contribution in [0.4, 0.5) is 22.7 Å². The van der Waals surface area contributed by atoms with E-state index in [0.717, 1.165) is 26.1 Å².